The van der Waals surface area contributed by atoms with Crippen LogP contribution in [0.25, 0.3) is 0 Å². The maximum Gasteiger partial charge on any atom is 0.220 e. The summed E-state index contributed by atoms with van der Waals surface area (Å²) < 4.78 is 11.3. The lowest BCUT2D eigenvalue weighted by atomic mass is 9.95. The van der Waals surface area contributed by atoms with Gasteiger partial charge in [-0.2, -0.15) is 0 Å². The largest absolute Gasteiger partial charge is 0.486 e. The lowest BCUT2D eigenvalue weighted by Gasteiger charge is -2.22. The van der Waals surface area contributed by atoms with Gasteiger partial charge in [0.2, 0.25) is 5.91 Å². The summed E-state index contributed by atoms with van der Waals surface area (Å²) in [6, 6.07) is 16.3. The zero-order chi connectivity index (χ0) is 17.1. The van der Waals surface area contributed by atoms with Gasteiger partial charge in [-0.25, -0.2) is 0 Å². The highest BCUT2D eigenvalue weighted by atomic mass is 16.6. The number of aryl methyl sites for hydroxylation is 1. The van der Waals surface area contributed by atoms with Crippen LogP contribution in [0.15, 0.2) is 48.5 Å². The third-order valence-corrected chi connectivity index (χ3v) is 5.12. The van der Waals surface area contributed by atoms with Gasteiger partial charge in [-0.05, 0) is 42.5 Å². The molecule has 0 spiro atoms. The van der Waals surface area contributed by atoms with Crippen molar-refractivity contribution in [1.29, 1.82) is 0 Å². The molecular formula is C21H23NO3. The first-order valence-electron chi connectivity index (χ1n) is 8.96. The van der Waals surface area contributed by atoms with Gasteiger partial charge in [-0.1, -0.05) is 36.4 Å². The molecule has 25 heavy (non-hydrogen) atoms. The van der Waals surface area contributed by atoms with E-state index in [1.807, 2.05) is 24.3 Å². The first-order chi connectivity index (χ1) is 12.3. The van der Waals surface area contributed by atoms with E-state index in [9.17, 15) is 4.79 Å². The molecular weight excluding hydrogens is 314 g/mol. The van der Waals surface area contributed by atoms with Crippen molar-refractivity contribution >= 4 is 5.91 Å². The number of carbonyl (C=O) groups is 1. The molecule has 1 fully saturated rings. The fourth-order valence-electron chi connectivity index (χ4n) is 3.35. The molecule has 4 heteroatoms. The molecule has 0 saturated heterocycles. The van der Waals surface area contributed by atoms with Gasteiger partial charge < -0.3 is 14.8 Å². The topological polar surface area (TPSA) is 47.6 Å². The molecule has 4 nitrogen and oxygen atoms in total. The Kier molecular flexibility index (Phi) is 4.35. The summed E-state index contributed by atoms with van der Waals surface area (Å²) in [7, 11) is 0. The molecule has 4 rings (SSSR count). The van der Waals surface area contributed by atoms with Gasteiger partial charge in [0, 0.05) is 18.4 Å². The van der Waals surface area contributed by atoms with E-state index in [4.69, 9.17) is 9.47 Å². The minimum Gasteiger partial charge on any atom is -0.486 e. The Morgan fingerprint density at radius 1 is 1.00 bits per heavy atom. The van der Waals surface area contributed by atoms with E-state index in [1.165, 1.54) is 11.1 Å². The molecule has 2 aliphatic rings. The van der Waals surface area contributed by atoms with Crippen LogP contribution in [0, 0.1) is 0 Å². The van der Waals surface area contributed by atoms with Crippen molar-refractivity contribution in [3.8, 4) is 11.5 Å². The number of rotatable bonds is 6. The number of nitrogens with one attached hydrogen (secondary N) is 1. The molecule has 0 aromatic heterocycles. The molecule has 1 aliphatic carbocycles. The molecule has 1 N–H and O–H groups in total. The van der Waals surface area contributed by atoms with E-state index in [2.05, 4.69) is 29.6 Å². The SMILES string of the molecule is O=C(CCc1ccccc1)NCC1(c2ccc3c(c2)OCCO3)CC1. The molecule has 130 valence electrons. The van der Waals surface area contributed by atoms with Crippen LogP contribution in [0.4, 0.5) is 0 Å². The highest BCUT2D eigenvalue weighted by Crippen LogP contribution is 2.49. The van der Waals surface area contributed by atoms with Crippen LogP contribution >= 0.6 is 0 Å². The number of hydrogen-bond donors (Lipinski definition) is 1. The molecule has 0 radical (unpaired) electrons. The number of hydrogen-bond acceptors (Lipinski definition) is 3. The number of ether oxygens (including phenoxy) is 2. The summed E-state index contributed by atoms with van der Waals surface area (Å²) in [5, 5.41) is 3.12. The number of fused-ring (bicyclic) bond motifs is 1. The third-order valence-electron chi connectivity index (χ3n) is 5.12. The molecule has 0 bridgehead atoms. The second-order valence-corrected chi connectivity index (χ2v) is 6.90. The predicted octanol–water partition coefficient (Wildman–Crippen LogP) is 3.24. The number of amides is 1. The van der Waals surface area contributed by atoms with Gasteiger partial charge in [-0.15, -0.1) is 0 Å². The van der Waals surface area contributed by atoms with Crippen molar-refractivity contribution in [2.75, 3.05) is 19.8 Å². The predicted molar refractivity (Wildman–Crippen MR) is 96.1 cm³/mol. The van der Waals surface area contributed by atoms with Gasteiger partial charge >= 0.3 is 0 Å². The van der Waals surface area contributed by atoms with Crippen LogP contribution in [0.3, 0.4) is 0 Å². The van der Waals surface area contributed by atoms with Gasteiger partial charge in [0.15, 0.2) is 11.5 Å². The Hall–Kier alpha value is -2.49. The minimum atomic E-state index is 0.0677. The van der Waals surface area contributed by atoms with E-state index in [0.29, 0.717) is 26.2 Å². The fourth-order valence-corrected chi connectivity index (χ4v) is 3.35. The first-order valence-corrected chi connectivity index (χ1v) is 8.96. The minimum absolute atomic E-state index is 0.0677. The van der Waals surface area contributed by atoms with Crippen LogP contribution in [0.5, 0.6) is 11.5 Å². The van der Waals surface area contributed by atoms with Crippen molar-refractivity contribution in [3.63, 3.8) is 0 Å². The molecule has 1 saturated carbocycles. The van der Waals surface area contributed by atoms with Gasteiger partial charge in [0.1, 0.15) is 13.2 Å². The van der Waals surface area contributed by atoms with Crippen molar-refractivity contribution in [1.82, 2.24) is 5.32 Å². The second-order valence-electron chi connectivity index (χ2n) is 6.90. The summed E-state index contributed by atoms with van der Waals surface area (Å²) in [5.41, 5.74) is 2.50. The van der Waals surface area contributed by atoms with E-state index in [1.54, 1.807) is 0 Å². The van der Waals surface area contributed by atoms with Gasteiger partial charge in [-0.3, -0.25) is 4.79 Å². The summed E-state index contributed by atoms with van der Waals surface area (Å²) in [6.07, 6.45) is 3.52. The molecule has 1 amide bonds. The van der Waals surface area contributed by atoms with Crippen molar-refractivity contribution in [3.05, 3.63) is 59.7 Å². The molecule has 0 atom stereocenters. The fraction of sp³-hybridized carbons (Fsp3) is 0.381. The zero-order valence-corrected chi connectivity index (χ0v) is 14.3. The Morgan fingerprint density at radius 3 is 2.52 bits per heavy atom. The lowest BCUT2D eigenvalue weighted by Crippen LogP contribution is -2.32. The molecule has 1 heterocycles. The van der Waals surface area contributed by atoms with Gasteiger partial charge in [0.25, 0.3) is 0 Å². The zero-order valence-electron chi connectivity index (χ0n) is 14.3. The summed E-state index contributed by atoms with van der Waals surface area (Å²) >= 11 is 0. The maximum absolute atomic E-state index is 12.2. The quantitative estimate of drug-likeness (QED) is 0.880. The van der Waals surface area contributed by atoms with Crippen LogP contribution in [0.2, 0.25) is 0 Å². The molecule has 2 aromatic rings. The normalized spacial score (nSPS) is 17.0. The maximum atomic E-state index is 12.2. The summed E-state index contributed by atoms with van der Waals surface area (Å²) in [5.74, 6) is 1.76. The summed E-state index contributed by atoms with van der Waals surface area (Å²) in [4.78, 5) is 12.2. The van der Waals surface area contributed by atoms with E-state index in [0.717, 1.165) is 30.8 Å². The van der Waals surface area contributed by atoms with Crippen molar-refractivity contribution < 1.29 is 14.3 Å². The van der Waals surface area contributed by atoms with Gasteiger partial charge in [0.05, 0.1) is 0 Å². The van der Waals surface area contributed by atoms with Crippen LogP contribution in [-0.2, 0) is 16.6 Å². The first kappa shape index (κ1) is 16.0. The Bertz CT molecular complexity index is 753. The monoisotopic (exact) mass is 337 g/mol. The highest BCUT2D eigenvalue weighted by Gasteiger charge is 2.44. The van der Waals surface area contributed by atoms with Crippen LogP contribution in [-0.4, -0.2) is 25.7 Å². The van der Waals surface area contributed by atoms with Crippen molar-refractivity contribution in [2.24, 2.45) is 0 Å². The Labute approximate surface area is 148 Å². The van der Waals surface area contributed by atoms with E-state index >= 15 is 0 Å². The molecule has 2 aromatic carbocycles. The molecule has 1 aliphatic heterocycles. The number of benzene rings is 2. The van der Waals surface area contributed by atoms with Crippen molar-refractivity contribution in [2.45, 2.75) is 31.1 Å². The Balaban J connectivity index is 1.33. The van der Waals surface area contributed by atoms with Crippen LogP contribution in [0.1, 0.15) is 30.4 Å². The standard InChI is InChI=1S/C21H23NO3/c23-20(9-6-16-4-2-1-3-5-16)22-15-21(10-11-21)17-7-8-18-19(14-17)25-13-12-24-18/h1-5,7-8,14H,6,9-13,15H2,(H,22,23). The summed E-state index contributed by atoms with van der Waals surface area (Å²) in [6.45, 7) is 1.90. The second kappa shape index (κ2) is 6.79. The average Bonchev–Trinajstić information content (AvgIpc) is 3.46. The smallest absolute Gasteiger partial charge is 0.220 e. The van der Waals surface area contributed by atoms with E-state index in [-0.39, 0.29) is 11.3 Å². The third kappa shape index (κ3) is 3.63. The Morgan fingerprint density at radius 2 is 1.76 bits per heavy atom. The van der Waals surface area contributed by atoms with E-state index < -0.39 is 0 Å². The van der Waals surface area contributed by atoms with Crippen LogP contribution < -0.4 is 14.8 Å². The highest BCUT2D eigenvalue weighted by molar-refractivity contribution is 5.76. The average molecular weight is 337 g/mol. The molecule has 0 unspecified atom stereocenters. The number of carbonyl (C=O) groups excluding carboxylic acids is 1. The lowest BCUT2D eigenvalue weighted by molar-refractivity contribution is -0.121.